The Balaban J connectivity index is 2.34. The Kier molecular flexibility index (Phi) is 7.54. The molecule has 1 heterocycles. The second-order valence-corrected chi connectivity index (χ2v) is 6.76. The summed E-state index contributed by atoms with van der Waals surface area (Å²) in [6, 6.07) is 10.4. The molecular formula is C22H28N2O2. The van der Waals surface area contributed by atoms with Crippen molar-refractivity contribution in [3.8, 4) is 0 Å². The summed E-state index contributed by atoms with van der Waals surface area (Å²) in [5.41, 5.74) is 4.62. The van der Waals surface area contributed by atoms with Crippen molar-refractivity contribution >= 4 is 12.2 Å². The maximum Gasteiger partial charge on any atom is 0.251 e. The van der Waals surface area contributed by atoms with Crippen LogP contribution in [0.2, 0.25) is 0 Å². The van der Waals surface area contributed by atoms with E-state index in [9.17, 15) is 9.59 Å². The Morgan fingerprint density at radius 1 is 1.19 bits per heavy atom. The van der Waals surface area contributed by atoms with Crippen LogP contribution in [0.4, 0.5) is 0 Å². The molecule has 0 radical (unpaired) electrons. The molecule has 1 aliphatic heterocycles. The van der Waals surface area contributed by atoms with Crippen LogP contribution in [0.25, 0.3) is 0 Å². The van der Waals surface area contributed by atoms with Gasteiger partial charge in [-0.15, -0.1) is 0 Å². The minimum absolute atomic E-state index is 0.132. The fraction of sp³-hybridized carbons (Fsp3) is 0.364. The van der Waals surface area contributed by atoms with Crippen molar-refractivity contribution in [2.45, 2.75) is 39.7 Å². The molecule has 1 aromatic carbocycles. The number of rotatable bonds is 8. The largest absolute Gasteiger partial charge is 0.347 e. The molecule has 1 aliphatic rings. The first-order valence-electron chi connectivity index (χ1n) is 9.12. The Hall–Kier alpha value is -2.46. The number of amides is 1. The van der Waals surface area contributed by atoms with E-state index in [1.807, 2.05) is 24.3 Å². The molecule has 1 saturated heterocycles. The van der Waals surface area contributed by atoms with E-state index in [1.54, 1.807) is 13.0 Å². The molecule has 138 valence electrons. The summed E-state index contributed by atoms with van der Waals surface area (Å²) < 4.78 is 0. The van der Waals surface area contributed by atoms with E-state index in [0.29, 0.717) is 11.1 Å². The minimum atomic E-state index is -0.132. The van der Waals surface area contributed by atoms with Crippen LogP contribution in [0, 0.1) is 0 Å². The highest BCUT2D eigenvalue weighted by atomic mass is 16.1. The van der Waals surface area contributed by atoms with Crippen molar-refractivity contribution in [3.63, 3.8) is 0 Å². The van der Waals surface area contributed by atoms with E-state index < -0.39 is 0 Å². The van der Waals surface area contributed by atoms with Crippen molar-refractivity contribution in [2.75, 3.05) is 13.1 Å². The zero-order valence-electron chi connectivity index (χ0n) is 15.8. The summed E-state index contributed by atoms with van der Waals surface area (Å²) in [5, 5.41) is 6.16. The van der Waals surface area contributed by atoms with E-state index in [-0.39, 0.29) is 11.9 Å². The summed E-state index contributed by atoms with van der Waals surface area (Å²) in [6.07, 6.45) is 6.05. The lowest BCUT2D eigenvalue weighted by Crippen LogP contribution is -2.57. The highest BCUT2D eigenvalue weighted by Gasteiger charge is 2.20. The fourth-order valence-corrected chi connectivity index (χ4v) is 2.67. The molecule has 2 rings (SSSR count). The molecular weight excluding hydrogens is 324 g/mol. The molecule has 0 bridgehead atoms. The second kappa shape index (κ2) is 9.88. The third-order valence-electron chi connectivity index (χ3n) is 4.59. The number of carbonyl (C=O) groups excluding carboxylic acids is 2. The van der Waals surface area contributed by atoms with Crippen molar-refractivity contribution < 1.29 is 9.59 Å². The standard InChI is InChI=1S/C22H28N2O2/c1-4-17(3)19(11-18-8-6-5-7-9-18)12-20(10-16(2)15-25)22(26)24-21-13-23-14-21/h5-10,12,15,21,23H,4,11,13-14H2,1-3H3,(H,24,26)/b16-10+,19-17+,20-12+. The number of hydrogen-bond donors (Lipinski definition) is 2. The van der Waals surface area contributed by atoms with E-state index in [2.05, 4.69) is 36.6 Å². The van der Waals surface area contributed by atoms with Gasteiger partial charge in [0, 0.05) is 18.7 Å². The van der Waals surface area contributed by atoms with Gasteiger partial charge in [0.1, 0.15) is 6.29 Å². The molecule has 26 heavy (non-hydrogen) atoms. The van der Waals surface area contributed by atoms with Crippen molar-refractivity contribution in [3.05, 3.63) is 70.3 Å². The molecule has 0 atom stereocenters. The van der Waals surface area contributed by atoms with E-state index in [4.69, 9.17) is 0 Å². The van der Waals surface area contributed by atoms with Crippen LogP contribution in [0.3, 0.4) is 0 Å². The van der Waals surface area contributed by atoms with Crippen LogP contribution in [-0.4, -0.2) is 31.3 Å². The van der Waals surface area contributed by atoms with Gasteiger partial charge in [0.25, 0.3) is 5.91 Å². The van der Waals surface area contributed by atoms with Crippen LogP contribution in [0.5, 0.6) is 0 Å². The van der Waals surface area contributed by atoms with E-state index >= 15 is 0 Å². The molecule has 0 aliphatic carbocycles. The van der Waals surface area contributed by atoms with Gasteiger partial charge in [-0.1, -0.05) is 42.8 Å². The highest BCUT2D eigenvalue weighted by molar-refractivity contribution is 5.98. The number of carbonyl (C=O) groups is 2. The Morgan fingerprint density at radius 2 is 1.88 bits per heavy atom. The predicted octanol–water partition coefficient (Wildman–Crippen LogP) is 3.12. The van der Waals surface area contributed by atoms with Crippen LogP contribution < -0.4 is 10.6 Å². The second-order valence-electron chi connectivity index (χ2n) is 6.76. The quantitative estimate of drug-likeness (QED) is 0.429. The highest BCUT2D eigenvalue weighted by Crippen LogP contribution is 2.19. The molecule has 1 aromatic rings. The molecule has 0 aromatic heterocycles. The number of allylic oxidation sites excluding steroid dienone is 4. The van der Waals surface area contributed by atoms with Gasteiger partial charge < -0.3 is 10.6 Å². The summed E-state index contributed by atoms with van der Waals surface area (Å²) in [4.78, 5) is 23.8. The number of aldehydes is 1. The van der Waals surface area contributed by atoms with Crippen molar-refractivity contribution in [2.24, 2.45) is 0 Å². The third-order valence-corrected chi connectivity index (χ3v) is 4.59. The van der Waals surface area contributed by atoms with Crippen molar-refractivity contribution in [1.29, 1.82) is 0 Å². The lowest BCUT2D eigenvalue weighted by Gasteiger charge is -2.28. The van der Waals surface area contributed by atoms with Crippen molar-refractivity contribution in [1.82, 2.24) is 10.6 Å². The van der Waals surface area contributed by atoms with Crippen LogP contribution in [0.1, 0.15) is 32.8 Å². The van der Waals surface area contributed by atoms with Gasteiger partial charge >= 0.3 is 0 Å². The topological polar surface area (TPSA) is 58.2 Å². The summed E-state index contributed by atoms with van der Waals surface area (Å²) in [7, 11) is 0. The molecule has 4 heteroatoms. The Morgan fingerprint density at radius 3 is 2.42 bits per heavy atom. The maximum absolute atomic E-state index is 12.7. The van der Waals surface area contributed by atoms with Gasteiger partial charge in [-0.3, -0.25) is 9.59 Å². The average Bonchev–Trinajstić information content (AvgIpc) is 2.63. The van der Waals surface area contributed by atoms with Crippen LogP contribution in [0.15, 0.2) is 64.8 Å². The fourth-order valence-electron chi connectivity index (χ4n) is 2.67. The molecule has 0 saturated carbocycles. The van der Waals surface area contributed by atoms with Gasteiger partial charge in [-0.2, -0.15) is 0 Å². The van der Waals surface area contributed by atoms with E-state index in [0.717, 1.165) is 37.8 Å². The number of nitrogens with one attached hydrogen (secondary N) is 2. The molecule has 1 fully saturated rings. The normalized spacial score (nSPS) is 16.6. The lowest BCUT2D eigenvalue weighted by atomic mass is 9.96. The third kappa shape index (κ3) is 5.81. The van der Waals surface area contributed by atoms with Crippen LogP contribution >= 0.6 is 0 Å². The summed E-state index contributed by atoms with van der Waals surface area (Å²) in [6.45, 7) is 7.50. The van der Waals surface area contributed by atoms with Gasteiger partial charge in [0.2, 0.25) is 0 Å². The minimum Gasteiger partial charge on any atom is -0.347 e. The molecule has 4 nitrogen and oxygen atoms in total. The first-order valence-corrected chi connectivity index (χ1v) is 9.12. The zero-order chi connectivity index (χ0) is 18.9. The average molecular weight is 352 g/mol. The molecule has 2 N–H and O–H groups in total. The lowest BCUT2D eigenvalue weighted by molar-refractivity contribution is -0.118. The zero-order valence-corrected chi connectivity index (χ0v) is 15.8. The maximum atomic E-state index is 12.7. The number of hydrogen-bond acceptors (Lipinski definition) is 3. The summed E-state index contributed by atoms with van der Waals surface area (Å²) in [5.74, 6) is -0.132. The Bertz CT molecular complexity index is 726. The van der Waals surface area contributed by atoms with E-state index in [1.165, 1.54) is 11.1 Å². The van der Waals surface area contributed by atoms with Gasteiger partial charge in [-0.05, 0) is 55.6 Å². The molecule has 0 spiro atoms. The predicted molar refractivity (Wildman–Crippen MR) is 106 cm³/mol. The smallest absolute Gasteiger partial charge is 0.251 e. The van der Waals surface area contributed by atoms with Crippen LogP contribution in [-0.2, 0) is 16.0 Å². The SMILES string of the molecule is CC/C(C)=C(/C=C(\C=C(/C)C=O)C(=O)NC1CNC1)Cc1ccccc1. The Labute approximate surface area is 156 Å². The monoisotopic (exact) mass is 352 g/mol. The molecule has 0 unspecified atom stereocenters. The molecule has 1 amide bonds. The first kappa shape index (κ1) is 19.9. The number of benzene rings is 1. The van der Waals surface area contributed by atoms with Gasteiger partial charge in [-0.25, -0.2) is 0 Å². The van der Waals surface area contributed by atoms with Gasteiger partial charge in [0.05, 0.1) is 6.04 Å². The van der Waals surface area contributed by atoms with Gasteiger partial charge in [0.15, 0.2) is 0 Å². The first-order chi connectivity index (χ1) is 12.5. The summed E-state index contributed by atoms with van der Waals surface area (Å²) >= 11 is 0.